The van der Waals surface area contributed by atoms with Crippen molar-refractivity contribution in [3.8, 4) is 5.75 Å². The van der Waals surface area contributed by atoms with Crippen LogP contribution in [0.1, 0.15) is 29.8 Å². The summed E-state index contributed by atoms with van der Waals surface area (Å²) >= 11 is 1.48. The summed E-state index contributed by atoms with van der Waals surface area (Å²) in [6.07, 6.45) is 0. The van der Waals surface area contributed by atoms with Gasteiger partial charge in [0, 0.05) is 5.56 Å². The van der Waals surface area contributed by atoms with Gasteiger partial charge in [-0.25, -0.2) is 4.98 Å². The maximum atomic E-state index is 12.4. The highest BCUT2D eigenvalue weighted by molar-refractivity contribution is 7.22. The maximum Gasteiger partial charge on any atom is 0.257 e. The third kappa shape index (κ3) is 3.92. The van der Waals surface area contributed by atoms with E-state index in [9.17, 15) is 4.79 Å². The fourth-order valence-corrected chi connectivity index (χ4v) is 3.20. The van der Waals surface area contributed by atoms with Gasteiger partial charge in [-0.05, 0) is 48.7 Å². The van der Waals surface area contributed by atoms with Crippen molar-refractivity contribution >= 4 is 32.6 Å². The van der Waals surface area contributed by atoms with Crippen LogP contribution < -0.4 is 10.1 Å². The van der Waals surface area contributed by atoms with E-state index in [1.807, 2.05) is 31.2 Å². The lowest BCUT2D eigenvalue weighted by molar-refractivity contribution is 0.102. The summed E-state index contributed by atoms with van der Waals surface area (Å²) in [5.74, 6) is 0.964. The third-order valence-corrected chi connectivity index (χ3v) is 4.38. The van der Waals surface area contributed by atoms with Gasteiger partial charge >= 0.3 is 0 Å². The first-order chi connectivity index (χ1) is 11.5. The average Bonchev–Trinajstić information content (AvgIpc) is 2.94. The monoisotopic (exact) mass is 340 g/mol. The summed E-state index contributed by atoms with van der Waals surface area (Å²) in [5, 5.41) is 3.48. The van der Waals surface area contributed by atoms with Crippen molar-refractivity contribution in [2.45, 2.75) is 20.8 Å². The van der Waals surface area contributed by atoms with Crippen molar-refractivity contribution in [1.82, 2.24) is 4.98 Å². The quantitative estimate of drug-likeness (QED) is 0.719. The first-order valence-corrected chi connectivity index (χ1v) is 8.74. The highest BCUT2D eigenvalue weighted by atomic mass is 32.1. The van der Waals surface area contributed by atoms with Crippen LogP contribution in [0.15, 0.2) is 42.5 Å². The Balaban J connectivity index is 1.74. The molecule has 0 aliphatic rings. The number of anilines is 1. The molecule has 2 aromatic carbocycles. The molecule has 5 heteroatoms. The van der Waals surface area contributed by atoms with E-state index in [0.717, 1.165) is 10.2 Å². The van der Waals surface area contributed by atoms with Gasteiger partial charge in [0.2, 0.25) is 0 Å². The number of carbonyl (C=O) groups excluding carboxylic acids is 1. The molecule has 0 aliphatic carbocycles. The zero-order valence-corrected chi connectivity index (χ0v) is 14.8. The second-order valence-corrected chi connectivity index (χ2v) is 7.21. The Labute approximate surface area is 145 Å². The maximum absolute atomic E-state index is 12.4. The molecule has 24 heavy (non-hydrogen) atoms. The molecule has 1 aromatic heterocycles. The van der Waals surface area contributed by atoms with Crippen molar-refractivity contribution in [2.75, 3.05) is 11.9 Å². The first kappa shape index (κ1) is 16.5. The van der Waals surface area contributed by atoms with Gasteiger partial charge in [-0.3, -0.25) is 10.1 Å². The fourth-order valence-electron chi connectivity index (χ4n) is 2.24. The zero-order chi connectivity index (χ0) is 17.1. The van der Waals surface area contributed by atoms with E-state index in [-0.39, 0.29) is 5.91 Å². The number of aromatic nitrogens is 1. The molecule has 0 atom stereocenters. The Bertz CT molecular complexity index is 871. The minimum absolute atomic E-state index is 0.180. The number of nitrogens with one attached hydrogen (secondary N) is 1. The molecule has 1 amide bonds. The predicted octanol–water partition coefficient (Wildman–Crippen LogP) is 4.89. The molecule has 0 aliphatic heterocycles. The van der Waals surface area contributed by atoms with Crippen LogP contribution in [0.4, 0.5) is 5.13 Å². The van der Waals surface area contributed by atoms with Gasteiger partial charge in [-0.2, -0.15) is 0 Å². The lowest BCUT2D eigenvalue weighted by atomic mass is 10.2. The molecular formula is C19H20N2O2S. The Morgan fingerprint density at radius 3 is 2.88 bits per heavy atom. The van der Waals surface area contributed by atoms with E-state index < -0.39 is 0 Å². The highest BCUT2D eigenvalue weighted by Gasteiger charge is 2.11. The van der Waals surface area contributed by atoms with Crippen LogP contribution in [-0.4, -0.2) is 17.5 Å². The molecule has 1 heterocycles. The topological polar surface area (TPSA) is 51.2 Å². The molecule has 124 valence electrons. The van der Waals surface area contributed by atoms with E-state index in [1.54, 1.807) is 12.1 Å². The lowest BCUT2D eigenvalue weighted by Crippen LogP contribution is -2.12. The second kappa shape index (κ2) is 7.01. The first-order valence-electron chi connectivity index (χ1n) is 7.92. The van der Waals surface area contributed by atoms with Crippen molar-refractivity contribution in [2.24, 2.45) is 5.92 Å². The normalized spacial score (nSPS) is 11.0. The van der Waals surface area contributed by atoms with Gasteiger partial charge in [0.05, 0.1) is 16.8 Å². The number of hydrogen-bond acceptors (Lipinski definition) is 4. The average molecular weight is 340 g/mol. The van der Waals surface area contributed by atoms with E-state index in [0.29, 0.717) is 29.0 Å². The Kier molecular flexibility index (Phi) is 4.81. The van der Waals surface area contributed by atoms with Crippen molar-refractivity contribution in [3.63, 3.8) is 0 Å². The van der Waals surface area contributed by atoms with E-state index in [2.05, 4.69) is 30.2 Å². The van der Waals surface area contributed by atoms with E-state index in [4.69, 9.17) is 4.74 Å². The summed E-state index contributed by atoms with van der Waals surface area (Å²) in [4.78, 5) is 16.9. The molecule has 0 saturated heterocycles. The largest absolute Gasteiger partial charge is 0.493 e. The minimum atomic E-state index is -0.180. The summed E-state index contributed by atoms with van der Waals surface area (Å²) in [6, 6.07) is 13.3. The molecule has 0 spiro atoms. The number of hydrogen-bond donors (Lipinski definition) is 1. The molecule has 1 N–H and O–H groups in total. The number of amides is 1. The Morgan fingerprint density at radius 1 is 1.25 bits per heavy atom. The Morgan fingerprint density at radius 2 is 2.08 bits per heavy atom. The smallest absolute Gasteiger partial charge is 0.257 e. The summed E-state index contributed by atoms with van der Waals surface area (Å²) < 4.78 is 6.75. The second-order valence-electron chi connectivity index (χ2n) is 6.18. The molecule has 0 unspecified atom stereocenters. The fraction of sp³-hybridized carbons (Fsp3) is 0.263. The van der Waals surface area contributed by atoms with Crippen LogP contribution in [0.2, 0.25) is 0 Å². The van der Waals surface area contributed by atoms with Crippen LogP contribution in [0.3, 0.4) is 0 Å². The van der Waals surface area contributed by atoms with Gasteiger partial charge in [-0.15, -0.1) is 0 Å². The molecule has 0 bridgehead atoms. The third-order valence-electron chi connectivity index (χ3n) is 3.44. The molecule has 3 rings (SSSR count). The van der Waals surface area contributed by atoms with Crippen LogP contribution in [0, 0.1) is 12.8 Å². The van der Waals surface area contributed by atoms with Crippen molar-refractivity contribution < 1.29 is 9.53 Å². The number of carbonyl (C=O) groups is 1. The zero-order valence-electron chi connectivity index (χ0n) is 14.0. The lowest BCUT2D eigenvalue weighted by Gasteiger charge is -2.09. The Hall–Kier alpha value is -2.40. The number of nitrogens with zero attached hydrogens (tertiary/aromatic N) is 1. The summed E-state index contributed by atoms with van der Waals surface area (Å²) in [5.41, 5.74) is 2.64. The van der Waals surface area contributed by atoms with E-state index >= 15 is 0 Å². The van der Waals surface area contributed by atoms with Crippen LogP contribution >= 0.6 is 11.3 Å². The predicted molar refractivity (Wildman–Crippen MR) is 99.1 cm³/mol. The minimum Gasteiger partial charge on any atom is -0.493 e. The number of ether oxygens (including phenoxy) is 1. The molecule has 0 radical (unpaired) electrons. The molecule has 3 aromatic rings. The van der Waals surface area contributed by atoms with Crippen LogP contribution in [-0.2, 0) is 0 Å². The van der Waals surface area contributed by atoms with Gasteiger partial charge in [0.15, 0.2) is 5.13 Å². The molecule has 4 nitrogen and oxygen atoms in total. The van der Waals surface area contributed by atoms with Gasteiger partial charge in [-0.1, -0.05) is 37.3 Å². The summed E-state index contributed by atoms with van der Waals surface area (Å²) in [6.45, 7) is 6.85. The highest BCUT2D eigenvalue weighted by Crippen LogP contribution is 2.27. The number of benzene rings is 2. The van der Waals surface area contributed by atoms with Gasteiger partial charge in [0.1, 0.15) is 5.75 Å². The molecule has 0 fully saturated rings. The number of thiazole rings is 1. The van der Waals surface area contributed by atoms with Crippen molar-refractivity contribution in [3.05, 3.63) is 53.6 Å². The molecule has 0 saturated carbocycles. The number of aryl methyl sites for hydroxylation is 1. The van der Waals surface area contributed by atoms with Gasteiger partial charge in [0.25, 0.3) is 5.91 Å². The van der Waals surface area contributed by atoms with Crippen molar-refractivity contribution in [1.29, 1.82) is 0 Å². The summed E-state index contributed by atoms with van der Waals surface area (Å²) in [7, 11) is 0. The SMILES string of the molecule is Cc1ccc2nc(NC(=O)c3cccc(OCC(C)C)c3)sc2c1. The number of rotatable bonds is 5. The van der Waals surface area contributed by atoms with E-state index in [1.165, 1.54) is 16.9 Å². The number of fused-ring (bicyclic) bond motifs is 1. The van der Waals surface area contributed by atoms with Gasteiger partial charge < -0.3 is 4.74 Å². The molecular weight excluding hydrogens is 320 g/mol. The van der Waals surface area contributed by atoms with Crippen LogP contribution in [0.25, 0.3) is 10.2 Å². The van der Waals surface area contributed by atoms with Crippen LogP contribution in [0.5, 0.6) is 5.75 Å². The standard InChI is InChI=1S/C19H20N2O2S/c1-12(2)11-23-15-6-4-5-14(10-15)18(22)21-19-20-16-8-7-13(3)9-17(16)24-19/h4-10,12H,11H2,1-3H3,(H,20,21,22).